The topological polar surface area (TPSA) is 129 Å². The molecule has 0 spiro atoms. The zero-order valence-electron chi connectivity index (χ0n) is 71.7. The Kier molecular flexibility index (Phi) is 19.0. The van der Waals surface area contributed by atoms with Gasteiger partial charge in [-0.3, -0.25) is 0 Å². The van der Waals surface area contributed by atoms with Gasteiger partial charge in [-0.1, -0.05) is 425 Å². The van der Waals surface area contributed by atoms with Crippen molar-refractivity contribution in [3.05, 3.63) is 455 Å². The van der Waals surface area contributed by atoms with Gasteiger partial charge in [0.1, 0.15) is 11.2 Å². The van der Waals surface area contributed by atoms with Crippen molar-refractivity contribution < 1.29 is 4.42 Å². The third-order valence-electron chi connectivity index (χ3n) is 25.9. The zero-order valence-corrected chi connectivity index (χ0v) is 71.7. The summed E-state index contributed by atoms with van der Waals surface area (Å²) in [4.78, 5) is 44.6. The Morgan fingerprint density at radius 3 is 0.684 bits per heavy atom. The smallest absolute Gasteiger partial charge is 0.164 e. The lowest BCUT2D eigenvalue weighted by Crippen LogP contribution is -2.00. The standard InChI is InChI=1S/C43H25N3O.C43H27N3.C37H23N3/c1-2-10-28(11-3-1)41-44-42(46-43(45-41)36-14-8-16-39-40(36)35-13-6-7-15-38(35)47-39)29-18-17-27-20-22-33-32-21-19-26-9-4-5-12-30(26)31(32)23-24-34(33)37(27)25-29;1-3-10-31(11-4-1)41-44-42(32-12-5-2-6-13-32)46-43(45-41)33-18-15-28(16-19-33)34-20-17-30-22-24-38-37-23-21-29-9-7-8-14-35(29)36(37)25-26-39(38)40(30)27-34;1-3-10-26(11-4-1)35-38-36(27-12-5-2-6-13-27)40-37(39-35)28-16-15-25-18-20-32-31-19-17-24-9-7-8-14-29(24)30(31)21-22-33(32)34(25)23-28/h1-25H;1-27H;1-23H. The van der Waals surface area contributed by atoms with Gasteiger partial charge in [-0.25, -0.2) is 44.9 Å². The summed E-state index contributed by atoms with van der Waals surface area (Å²) in [5.74, 6) is 5.85. The highest BCUT2D eigenvalue weighted by molar-refractivity contribution is 6.26. The molecule has 10 nitrogen and oxygen atoms in total. The predicted octanol–water partition coefficient (Wildman–Crippen LogP) is 32.0. The summed E-state index contributed by atoms with van der Waals surface area (Å²) in [6.07, 6.45) is 0. The summed E-state index contributed by atoms with van der Waals surface area (Å²) < 4.78 is 6.22. The normalized spacial score (nSPS) is 11.6. The first kappa shape index (κ1) is 77.4. The van der Waals surface area contributed by atoms with Crippen LogP contribution in [0.25, 0.3) is 265 Å². The zero-order chi connectivity index (χ0) is 87.8. The monoisotopic (exact) mass is 1690 g/mol. The molecule has 0 aliphatic rings. The van der Waals surface area contributed by atoms with Crippen LogP contribution in [0.2, 0.25) is 0 Å². The molecule has 4 heterocycles. The molecule has 0 saturated heterocycles. The summed E-state index contributed by atoms with van der Waals surface area (Å²) in [7, 11) is 0. The van der Waals surface area contributed by atoms with E-state index in [-0.39, 0.29) is 0 Å². The van der Waals surface area contributed by atoms with E-state index in [2.05, 4.69) is 273 Å². The van der Waals surface area contributed by atoms with E-state index in [1.807, 2.05) is 182 Å². The number of benzene rings is 23. The van der Waals surface area contributed by atoms with Crippen LogP contribution in [-0.2, 0) is 0 Å². The quantitative estimate of drug-likeness (QED) is 0.122. The van der Waals surface area contributed by atoms with E-state index in [9.17, 15) is 0 Å². The molecule has 618 valence electrons. The van der Waals surface area contributed by atoms with Crippen LogP contribution in [0, 0.1) is 0 Å². The Morgan fingerprint density at radius 2 is 0.338 bits per heavy atom. The lowest BCUT2D eigenvalue weighted by Gasteiger charge is -2.12. The lowest BCUT2D eigenvalue weighted by atomic mass is 9.93. The summed E-state index contributed by atoms with van der Waals surface area (Å²) >= 11 is 0. The second-order valence-corrected chi connectivity index (χ2v) is 33.7. The van der Waals surface area contributed by atoms with Crippen molar-refractivity contribution >= 4 is 151 Å². The Hall–Kier alpha value is -18.0. The second kappa shape index (κ2) is 32.7. The summed E-state index contributed by atoms with van der Waals surface area (Å²) in [5, 5.41) is 32.0. The number of aromatic nitrogens is 9. The van der Waals surface area contributed by atoms with Gasteiger partial charge in [-0.05, 0) is 171 Å². The fraction of sp³-hybridized carbons (Fsp3) is 0. The molecule has 0 unspecified atom stereocenters. The number of para-hydroxylation sites is 1. The van der Waals surface area contributed by atoms with E-state index < -0.39 is 0 Å². The van der Waals surface area contributed by atoms with Crippen molar-refractivity contribution in [1.29, 1.82) is 0 Å². The van der Waals surface area contributed by atoms with Crippen molar-refractivity contribution in [2.45, 2.75) is 0 Å². The van der Waals surface area contributed by atoms with Crippen LogP contribution in [0.3, 0.4) is 0 Å². The maximum absolute atomic E-state index is 6.22. The molecule has 0 saturated carbocycles. The molecule has 0 bridgehead atoms. The maximum atomic E-state index is 6.22. The number of nitrogens with zero attached hydrogens (tertiary/aromatic N) is 9. The Bertz CT molecular complexity index is 9210. The van der Waals surface area contributed by atoms with E-state index in [1.165, 1.54) is 135 Å². The highest BCUT2D eigenvalue weighted by atomic mass is 16.3. The van der Waals surface area contributed by atoms with Crippen LogP contribution < -0.4 is 0 Å². The van der Waals surface area contributed by atoms with E-state index in [0.29, 0.717) is 52.4 Å². The molecule has 0 radical (unpaired) electrons. The second-order valence-electron chi connectivity index (χ2n) is 33.7. The van der Waals surface area contributed by atoms with E-state index in [1.54, 1.807) is 0 Å². The number of furan rings is 1. The van der Waals surface area contributed by atoms with Crippen LogP contribution in [0.5, 0.6) is 0 Å². The molecule has 27 aromatic rings. The molecule has 0 N–H and O–H groups in total. The van der Waals surface area contributed by atoms with Crippen molar-refractivity contribution in [3.63, 3.8) is 0 Å². The van der Waals surface area contributed by atoms with Crippen LogP contribution in [0.4, 0.5) is 0 Å². The highest BCUT2D eigenvalue weighted by Crippen LogP contribution is 2.44. The molecule has 133 heavy (non-hydrogen) atoms. The first-order valence-corrected chi connectivity index (χ1v) is 44.8. The first-order chi connectivity index (χ1) is 65.9. The summed E-state index contributed by atoms with van der Waals surface area (Å²) in [6.45, 7) is 0. The Morgan fingerprint density at radius 1 is 0.120 bits per heavy atom. The van der Waals surface area contributed by atoms with Gasteiger partial charge in [0.25, 0.3) is 0 Å². The average molecular weight is 1700 g/mol. The number of hydrogen-bond acceptors (Lipinski definition) is 10. The Labute approximate surface area is 763 Å². The van der Waals surface area contributed by atoms with Crippen LogP contribution in [-0.4, -0.2) is 44.9 Å². The molecular weight excluding hydrogens is 1620 g/mol. The average Bonchev–Trinajstić information content (AvgIpc) is 1.42. The maximum Gasteiger partial charge on any atom is 0.164 e. The molecule has 0 fully saturated rings. The highest BCUT2D eigenvalue weighted by Gasteiger charge is 2.22. The molecule has 0 amide bonds. The van der Waals surface area contributed by atoms with Crippen molar-refractivity contribution in [2.24, 2.45) is 0 Å². The SMILES string of the molecule is c1ccc(-c2nc(-c3ccc4ccc5c(ccc6c7ccccc7ccc65)c4c3)nc(-c3cccc4oc5ccccc5c34)n2)cc1.c1ccc(-c2nc(-c3ccccc3)nc(-c3ccc(-c4ccc5ccc6c(ccc7c8ccccc8ccc76)c5c4)cc3)n2)cc1.c1ccc(-c2nc(-c3ccccc3)nc(-c3ccc4ccc5c(ccc6c7ccccc7ccc65)c4c3)n2)cc1. The fourth-order valence-corrected chi connectivity index (χ4v) is 19.3. The summed E-state index contributed by atoms with van der Waals surface area (Å²) in [5.41, 5.74) is 12.5. The third-order valence-corrected chi connectivity index (χ3v) is 25.9. The van der Waals surface area contributed by atoms with E-state index in [4.69, 9.17) is 49.3 Å². The molecule has 23 aromatic carbocycles. The van der Waals surface area contributed by atoms with Crippen molar-refractivity contribution in [3.8, 4) is 114 Å². The molecule has 4 aromatic heterocycles. The largest absolute Gasteiger partial charge is 0.456 e. The van der Waals surface area contributed by atoms with Crippen LogP contribution in [0.1, 0.15) is 0 Å². The van der Waals surface area contributed by atoms with Gasteiger partial charge in [0.15, 0.2) is 52.4 Å². The number of fused-ring (bicyclic) bond motifs is 24. The molecule has 10 heteroatoms. The van der Waals surface area contributed by atoms with Crippen LogP contribution in [0.15, 0.2) is 459 Å². The van der Waals surface area contributed by atoms with Crippen LogP contribution >= 0.6 is 0 Å². The van der Waals surface area contributed by atoms with Crippen molar-refractivity contribution in [2.75, 3.05) is 0 Å². The third kappa shape index (κ3) is 14.1. The minimum Gasteiger partial charge on any atom is -0.456 e. The summed E-state index contributed by atoms with van der Waals surface area (Å²) in [6, 6.07) is 159. The van der Waals surface area contributed by atoms with E-state index >= 15 is 0 Å². The van der Waals surface area contributed by atoms with Crippen molar-refractivity contribution in [1.82, 2.24) is 44.9 Å². The molecule has 0 atom stereocenters. The molecule has 0 aliphatic heterocycles. The number of hydrogen-bond donors (Lipinski definition) is 0. The van der Waals surface area contributed by atoms with E-state index in [0.717, 1.165) is 77.6 Å². The molecular formula is C123H75N9O. The fourth-order valence-electron chi connectivity index (χ4n) is 19.3. The lowest BCUT2D eigenvalue weighted by molar-refractivity contribution is 0.669. The first-order valence-electron chi connectivity index (χ1n) is 44.8. The van der Waals surface area contributed by atoms with Gasteiger partial charge in [-0.15, -0.1) is 0 Å². The van der Waals surface area contributed by atoms with Gasteiger partial charge in [-0.2, -0.15) is 0 Å². The number of rotatable bonds is 10. The van der Waals surface area contributed by atoms with Gasteiger partial charge >= 0.3 is 0 Å². The van der Waals surface area contributed by atoms with Gasteiger partial charge in [0, 0.05) is 60.8 Å². The van der Waals surface area contributed by atoms with Gasteiger partial charge in [0.05, 0.1) is 0 Å². The Balaban J connectivity index is 0.000000107. The molecule has 27 rings (SSSR count). The minimum atomic E-state index is 0.613. The van der Waals surface area contributed by atoms with Gasteiger partial charge in [0.2, 0.25) is 0 Å². The van der Waals surface area contributed by atoms with Gasteiger partial charge < -0.3 is 4.42 Å². The minimum absolute atomic E-state index is 0.613. The predicted molar refractivity (Wildman–Crippen MR) is 551 cm³/mol. The molecule has 0 aliphatic carbocycles.